The van der Waals surface area contributed by atoms with E-state index in [4.69, 9.17) is 4.74 Å². The molecule has 0 aliphatic rings. The number of benzene rings is 1. The standard InChI is InChI=1S/C19H28N2O5/c1-14-7-5-8-17(15(14)2)26-13-18(23)21(12-9-19(24)25-4)11-6-10-20-16(3)22/h5,7-8H,6,9-13H2,1-4H3,(H,20,22). The van der Waals surface area contributed by atoms with Gasteiger partial charge in [-0.25, -0.2) is 0 Å². The van der Waals surface area contributed by atoms with Crippen LogP contribution in [-0.2, 0) is 19.1 Å². The van der Waals surface area contributed by atoms with E-state index in [0.29, 0.717) is 25.3 Å². The maximum absolute atomic E-state index is 12.5. The van der Waals surface area contributed by atoms with Crippen molar-refractivity contribution in [1.29, 1.82) is 0 Å². The molecule has 1 N–H and O–H groups in total. The molecule has 1 rings (SSSR count). The van der Waals surface area contributed by atoms with Gasteiger partial charge in [0.05, 0.1) is 13.5 Å². The Morgan fingerprint density at radius 3 is 2.54 bits per heavy atom. The molecule has 1 aromatic carbocycles. The van der Waals surface area contributed by atoms with E-state index in [0.717, 1.165) is 11.1 Å². The molecule has 144 valence electrons. The smallest absolute Gasteiger partial charge is 0.307 e. The molecule has 2 amide bonds. The predicted molar refractivity (Wildman–Crippen MR) is 97.9 cm³/mol. The molecule has 0 spiro atoms. The summed E-state index contributed by atoms with van der Waals surface area (Å²) < 4.78 is 10.3. The van der Waals surface area contributed by atoms with Gasteiger partial charge in [0.15, 0.2) is 6.61 Å². The highest BCUT2D eigenvalue weighted by Gasteiger charge is 2.16. The highest BCUT2D eigenvalue weighted by atomic mass is 16.5. The molecule has 0 heterocycles. The Morgan fingerprint density at radius 1 is 1.15 bits per heavy atom. The fourth-order valence-electron chi connectivity index (χ4n) is 2.34. The second-order valence-corrected chi connectivity index (χ2v) is 6.03. The summed E-state index contributed by atoms with van der Waals surface area (Å²) >= 11 is 0. The Bertz CT molecular complexity index is 630. The van der Waals surface area contributed by atoms with E-state index in [-0.39, 0.29) is 37.4 Å². The number of hydrogen-bond donors (Lipinski definition) is 1. The molecule has 0 unspecified atom stereocenters. The minimum atomic E-state index is -0.375. The van der Waals surface area contributed by atoms with Gasteiger partial charge in [0.1, 0.15) is 5.75 Å². The van der Waals surface area contributed by atoms with Crippen LogP contribution in [0.4, 0.5) is 0 Å². The van der Waals surface area contributed by atoms with Crippen molar-refractivity contribution in [1.82, 2.24) is 10.2 Å². The van der Waals surface area contributed by atoms with Gasteiger partial charge >= 0.3 is 5.97 Å². The average molecular weight is 364 g/mol. The van der Waals surface area contributed by atoms with Crippen LogP contribution in [0.5, 0.6) is 5.75 Å². The van der Waals surface area contributed by atoms with E-state index in [9.17, 15) is 14.4 Å². The van der Waals surface area contributed by atoms with Gasteiger partial charge in [-0.3, -0.25) is 14.4 Å². The summed E-state index contributed by atoms with van der Waals surface area (Å²) in [5.74, 6) is -0.0297. The number of amides is 2. The molecule has 0 atom stereocenters. The van der Waals surface area contributed by atoms with Crippen molar-refractivity contribution in [2.45, 2.75) is 33.6 Å². The largest absolute Gasteiger partial charge is 0.483 e. The first kappa shape index (κ1) is 21.5. The lowest BCUT2D eigenvalue weighted by Gasteiger charge is -2.23. The fraction of sp³-hybridized carbons (Fsp3) is 0.526. The van der Waals surface area contributed by atoms with Crippen LogP contribution in [-0.4, -0.2) is 56.0 Å². The van der Waals surface area contributed by atoms with Gasteiger partial charge in [-0.15, -0.1) is 0 Å². The maximum atomic E-state index is 12.5. The Morgan fingerprint density at radius 2 is 1.88 bits per heavy atom. The molecular weight excluding hydrogens is 336 g/mol. The van der Waals surface area contributed by atoms with Crippen LogP contribution in [0.25, 0.3) is 0 Å². The van der Waals surface area contributed by atoms with E-state index in [1.165, 1.54) is 14.0 Å². The van der Waals surface area contributed by atoms with E-state index in [2.05, 4.69) is 10.1 Å². The third-order valence-corrected chi connectivity index (χ3v) is 4.05. The number of carbonyl (C=O) groups excluding carboxylic acids is 3. The molecule has 0 radical (unpaired) electrons. The second kappa shape index (κ2) is 11.1. The molecule has 7 nitrogen and oxygen atoms in total. The number of esters is 1. The minimum absolute atomic E-state index is 0.106. The van der Waals surface area contributed by atoms with Crippen LogP contribution in [0.15, 0.2) is 18.2 Å². The monoisotopic (exact) mass is 364 g/mol. The third kappa shape index (κ3) is 7.55. The number of aryl methyl sites for hydroxylation is 1. The summed E-state index contributed by atoms with van der Waals surface area (Å²) in [6.07, 6.45) is 0.710. The normalized spacial score (nSPS) is 10.2. The summed E-state index contributed by atoms with van der Waals surface area (Å²) in [6.45, 7) is 6.40. The van der Waals surface area contributed by atoms with Crippen molar-refractivity contribution in [3.63, 3.8) is 0 Å². The van der Waals surface area contributed by atoms with Crippen LogP contribution < -0.4 is 10.1 Å². The van der Waals surface area contributed by atoms with E-state index in [1.807, 2.05) is 32.0 Å². The van der Waals surface area contributed by atoms with Gasteiger partial charge in [-0.2, -0.15) is 0 Å². The summed E-state index contributed by atoms with van der Waals surface area (Å²) in [4.78, 5) is 36.4. The van der Waals surface area contributed by atoms with Crippen LogP contribution in [0.2, 0.25) is 0 Å². The van der Waals surface area contributed by atoms with E-state index < -0.39 is 0 Å². The molecule has 7 heteroatoms. The Labute approximate surface area is 154 Å². The molecule has 0 aromatic heterocycles. The van der Waals surface area contributed by atoms with Gasteiger partial charge in [0.2, 0.25) is 5.91 Å². The summed E-state index contributed by atoms with van der Waals surface area (Å²) in [6, 6.07) is 5.68. The molecular formula is C19H28N2O5. The van der Waals surface area contributed by atoms with Crippen LogP contribution in [0.3, 0.4) is 0 Å². The van der Waals surface area contributed by atoms with Crippen molar-refractivity contribution >= 4 is 17.8 Å². The number of rotatable bonds is 10. The minimum Gasteiger partial charge on any atom is -0.483 e. The van der Waals surface area contributed by atoms with Crippen molar-refractivity contribution in [3.8, 4) is 5.75 Å². The lowest BCUT2D eigenvalue weighted by atomic mass is 10.1. The first-order valence-electron chi connectivity index (χ1n) is 8.63. The number of ether oxygens (including phenoxy) is 2. The Kier molecular flexibility index (Phi) is 9.19. The average Bonchev–Trinajstić information content (AvgIpc) is 2.61. The topological polar surface area (TPSA) is 84.9 Å². The number of methoxy groups -OCH3 is 1. The lowest BCUT2D eigenvalue weighted by molar-refractivity contribution is -0.142. The van der Waals surface area contributed by atoms with Crippen LogP contribution >= 0.6 is 0 Å². The third-order valence-electron chi connectivity index (χ3n) is 4.05. The number of nitrogens with one attached hydrogen (secondary N) is 1. The van der Waals surface area contributed by atoms with E-state index >= 15 is 0 Å². The van der Waals surface area contributed by atoms with Crippen molar-refractivity contribution < 1.29 is 23.9 Å². The lowest BCUT2D eigenvalue weighted by Crippen LogP contribution is -2.38. The summed E-state index contributed by atoms with van der Waals surface area (Å²) in [5.41, 5.74) is 2.08. The maximum Gasteiger partial charge on any atom is 0.307 e. The van der Waals surface area contributed by atoms with Gasteiger partial charge in [-0.05, 0) is 37.5 Å². The van der Waals surface area contributed by atoms with Gasteiger partial charge < -0.3 is 19.7 Å². The first-order chi connectivity index (χ1) is 12.3. The molecule has 0 saturated heterocycles. The number of carbonyl (C=O) groups is 3. The molecule has 1 aromatic rings. The Hall–Kier alpha value is -2.57. The van der Waals surface area contributed by atoms with Gasteiger partial charge in [0.25, 0.3) is 5.91 Å². The Balaban J connectivity index is 2.61. The highest BCUT2D eigenvalue weighted by molar-refractivity contribution is 5.78. The van der Waals surface area contributed by atoms with Crippen molar-refractivity contribution in [2.75, 3.05) is 33.4 Å². The molecule has 0 aliphatic carbocycles. The molecule has 0 saturated carbocycles. The predicted octanol–water partition coefficient (Wildman–Crippen LogP) is 1.60. The highest BCUT2D eigenvalue weighted by Crippen LogP contribution is 2.20. The van der Waals surface area contributed by atoms with Gasteiger partial charge in [0, 0.05) is 26.6 Å². The molecule has 0 bridgehead atoms. The van der Waals surface area contributed by atoms with Crippen molar-refractivity contribution in [3.05, 3.63) is 29.3 Å². The zero-order chi connectivity index (χ0) is 19.5. The van der Waals surface area contributed by atoms with Gasteiger partial charge in [-0.1, -0.05) is 12.1 Å². The number of hydrogen-bond acceptors (Lipinski definition) is 5. The first-order valence-corrected chi connectivity index (χ1v) is 8.63. The van der Waals surface area contributed by atoms with Crippen LogP contribution in [0, 0.1) is 13.8 Å². The second-order valence-electron chi connectivity index (χ2n) is 6.03. The fourth-order valence-corrected chi connectivity index (χ4v) is 2.34. The van der Waals surface area contributed by atoms with E-state index in [1.54, 1.807) is 4.90 Å². The summed E-state index contributed by atoms with van der Waals surface area (Å²) in [7, 11) is 1.31. The van der Waals surface area contributed by atoms with Crippen LogP contribution in [0.1, 0.15) is 30.9 Å². The summed E-state index contributed by atoms with van der Waals surface area (Å²) in [5, 5.41) is 2.69. The molecule has 0 fully saturated rings. The van der Waals surface area contributed by atoms with Crippen molar-refractivity contribution in [2.24, 2.45) is 0 Å². The molecule has 26 heavy (non-hydrogen) atoms. The SMILES string of the molecule is COC(=O)CCN(CCCNC(C)=O)C(=O)COc1cccc(C)c1C. The number of nitrogens with zero attached hydrogens (tertiary/aromatic N) is 1. The quantitative estimate of drug-likeness (QED) is 0.503. The molecule has 0 aliphatic heterocycles. The zero-order valence-corrected chi connectivity index (χ0v) is 16.0. The zero-order valence-electron chi connectivity index (χ0n) is 16.0.